The summed E-state index contributed by atoms with van der Waals surface area (Å²) in [6, 6.07) is 0. The molecule has 0 aliphatic carbocycles. The number of hydrogen-bond acceptors (Lipinski definition) is 4. The third kappa shape index (κ3) is 3.73. The highest BCUT2D eigenvalue weighted by Gasteiger charge is 2.16. The zero-order valence-electron chi connectivity index (χ0n) is 11.5. The van der Waals surface area contributed by atoms with E-state index in [0.29, 0.717) is 18.3 Å². The number of anilines is 1. The van der Waals surface area contributed by atoms with Gasteiger partial charge < -0.3 is 10.1 Å². The first-order chi connectivity index (χ1) is 8.63. The molecule has 1 rings (SSSR count). The average molecular weight is 272 g/mol. The van der Waals surface area contributed by atoms with Crippen LogP contribution in [0.15, 0.2) is 6.33 Å². The highest BCUT2D eigenvalue weighted by Crippen LogP contribution is 2.22. The van der Waals surface area contributed by atoms with Crippen molar-refractivity contribution in [2.45, 2.75) is 39.0 Å². The molecule has 1 aromatic rings. The van der Waals surface area contributed by atoms with E-state index >= 15 is 0 Å². The van der Waals surface area contributed by atoms with E-state index in [1.54, 1.807) is 7.11 Å². The highest BCUT2D eigenvalue weighted by atomic mass is 35.5. The second-order valence-electron chi connectivity index (χ2n) is 4.33. The van der Waals surface area contributed by atoms with Gasteiger partial charge in [0.1, 0.15) is 12.1 Å². The van der Waals surface area contributed by atoms with E-state index in [4.69, 9.17) is 16.3 Å². The van der Waals surface area contributed by atoms with Crippen LogP contribution in [-0.4, -0.2) is 29.0 Å². The van der Waals surface area contributed by atoms with Crippen LogP contribution in [0.4, 0.5) is 5.82 Å². The van der Waals surface area contributed by atoms with Crippen molar-refractivity contribution in [1.82, 2.24) is 9.97 Å². The van der Waals surface area contributed by atoms with Crippen LogP contribution < -0.4 is 10.1 Å². The molecule has 0 fully saturated rings. The van der Waals surface area contributed by atoms with Crippen molar-refractivity contribution < 1.29 is 4.74 Å². The highest BCUT2D eigenvalue weighted by molar-refractivity contribution is 6.21. The molecule has 4 nitrogen and oxygen atoms in total. The Morgan fingerprint density at radius 1 is 1.33 bits per heavy atom. The van der Waals surface area contributed by atoms with Crippen molar-refractivity contribution in [3.05, 3.63) is 11.9 Å². The summed E-state index contributed by atoms with van der Waals surface area (Å²) in [7, 11) is 1.60. The third-order valence-corrected chi connectivity index (χ3v) is 3.77. The number of rotatable bonds is 7. The molecule has 1 atom stereocenters. The summed E-state index contributed by atoms with van der Waals surface area (Å²) in [6.07, 6.45) is 3.69. The predicted molar refractivity (Wildman–Crippen MR) is 75.5 cm³/mol. The number of nitrogens with one attached hydrogen (secondary N) is 1. The van der Waals surface area contributed by atoms with E-state index in [-0.39, 0.29) is 5.38 Å². The van der Waals surface area contributed by atoms with Crippen molar-refractivity contribution in [3.63, 3.8) is 0 Å². The number of methoxy groups -OCH3 is 1. The van der Waals surface area contributed by atoms with Gasteiger partial charge in [0.2, 0.25) is 5.88 Å². The molecule has 102 valence electrons. The minimum absolute atomic E-state index is 0.111. The number of hydrogen-bond donors (Lipinski definition) is 1. The van der Waals surface area contributed by atoms with E-state index in [1.165, 1.54) is 6.33 Å². The fraction of sp³-hybridized carbons (Fsp3) is 0.692. The van der Waals surface area contributed by atoms with E-state index in [1.807, 2.05) is 6.92 Å². The lowest BCUT2D eigenvalue weighted by atomic mass is 9.99. The molecule has 0 aliphatic rings. The molecule has 1 heterocycles. The van der Waals surface area contributed by atoms with E-state index in [9.17, 15) is 0 Å². The maximum atomic E-state index is 6.39. The second kappa shape index (κ2) is 7.41. The van der Waals surface area contributed by atoms with Gasteiger partial charge in [-0.25, -0.2) is 9.97 Å². The fourth-order valence-corrected chi connectivity index (χ4v) is 2.41. The van der Waals surface area contributed by atoms with Crippen molar-refractivity contribution >= 4 is 17.4 Å². The lowest BCUT2D eigenvalue weighted by molar-refractivity contribution is 0.393. The van der Waals surface area contributed by atoms with E-state index < -0.39 is 0 Å². The molecule has 0 radical (unpaired) electrons. The van der Waals surface area contributed by atoms with Crippen LogP contribution >= 0.6 is 11.6 Å². The molecule has 0 saturated carbocycles. The molecule has 18 heavy (non-hydrogen) atoms. The topological polar surface area (TPSA) is 47.0 Å². The predicted octanol–water partition coefficient (Wildman–Crippen LogP) is 3.25. The van der Waals surface area contributed by atoms with Gasteiger partial charge >= 0.3 is 0 Å². The van der Waals surface area contributed by atoms with Crippen molar-refractivity contribution in [2.75, 3.05) is 19.0 Å². The van der Waals surface area contributed by atoms with Gasteiger partial charge in [-0.05, 0) is 12.8 Å². The molecule has 1 aromatic heterocycles. The molecule has 0 amide bonds. The summed E-state index contributed by atoms with van der Waals surface area (Å²) in [6.45, 7) is 6.97. The summed E-state index contributed by atoms with van der Waals surface area (Å²) in [5.74, 6) is 1.92. The molecule has 5 heteroatoms. The molecule has 0 saturated heterocycles. The summed E-state index contributed by atoms with van der Waals surface area (Å²) in [5.41, 5.74) is 0.911. The van der Waals surface area contributed by atoms with E-state index in [2.05, 4.69) is 29.1 Å². The van der Waals surface area contributed by atoms with Crippen LogP contribution in [0.5, 0.6) is 5.88 Å². The lowest BCUT2D eigenvalue weighted by Gasteiger charge is -2.20. The Balaban J connectivity index is 2.63. The Labute approximate surface area is 114 Å². The van der Waals surface area contributed by atoms with Gasteiger partial charge in [-0.15, -0.1) is 11.6 Å². The molecule has 0 aromatic carbocycles. The number of aromatic nitrogens is 2. The van der Waals surface area contributed by atoms with Crippen LogP contribution in [-0.2, 0) is 0 Å². The number of alkyl halides is 1. The van der Waals surface area contributed by atoms with Gasteiger partial charge in [-0.1, -0.05) is 26.7 Å². The van der Waals surface area contributed by atoms with Crippen LogP contribution in [0.25, 0.3) is 0 Å². The normalized spacial score (nSPS) is 12.6. The van der Waals surface area contributed by atoms with E-state index in [0.717, 1.165) is 24.2 Å². The van der Waals surface area contributed by atoms with Gasteiger partial charge in [0.05, 0.1) is 18.1 Å². The zero-order valence-corrected chi connectivity index (χ0v) is 12.3. The molecule has 1 N–H and O–H groups in total. The summed E-state index contributed by atoms with van der Waals surface area (Å²) < 4.78 is 5.16. The van der Waals surface area contributed by atoms with Gasteiger partial charge in [0, 0.05) is 6.54 Å². The Bertz CT molecular complexity index is 369. The summed E-state index contributed by atoms with van der Waals surface area (Å²) in [4.78, 5) is 8.25. The van der Waals surface area contributed by atoms with Gasteiger partial charge in [0.25, 0.3) is 0 Å². The first-order valence-corrected chi connectivity index (χ1v) is 6.81. The lowest BCUT2D eigenvalue weighted by Crippen LogP contribution is -2.23. The maximum absolute atomic E-state index is 6.39. The van der Waals surface area contributed by atoms with Gasteiger partial charge in [-0.2, -0.15) is 0 Å². The largest absolute Gasteiger partial charge is 0.481 e. The van der Waals surface area contributed by atoms with Gasteiger partial charge in [0.15, 0.2) is 0 Å². The smallest absolute Gasteiger partial charge is 0.221 e. The van der Waals surface area contributed by atoms with Crippen molar-refractivity contribution in [2.24, 2.45) is 5.92 Å². The quantitative estimate of drug-likeness (QED) is 0.774. The molecular weight excluding hydrogens is 250 g/mol. The first kappa shape index (κ1) is 15.0. The van der Waals surface area contributed by atoms with Crippen LogP contribution in [0.2, 0.25) is 0 Å². The number of ether oxygens (including phenoxy) is 1. The monoisotopic (exact) mass is 271 g/mol. The average Bonchev–Trinajstić information content (AvgIpc) is 2.39. The van der Waals surface area contributed by atoms with Crippen molar-refractivity contribution in [1.29, 1.82) is 0 Å². The van der Waals surface area contributed by atoms with Crippen LogP contribution in [0, 0.1) is 12.8 Å². The van der Waals surface area contributed by atoms with Crippen molar-refractivity contribution in [3.8, 4) is 5.88 Å². The van der Waals surface area contributed by atoms with Gasteiger partial charge in [-0.3, -0.25) is 0 Å². The second-order valence-corrected chi connectivity index (χ2v) is 4.89. The minimum Gasteiger partial charge on any atom is -0.481 e. The molecule has 0 bridgehead atoms. The standard InChI is InChI=1S/C13H22ClN3O/c1-5-10(6-2)11(14)7-15-12-9(3)13(18-4)17-8-16-12/h8,10-11H,5-7H2,1-4H3,(H,15,16,17). The fourth-order valence-electron chi connectivity index (χ4n) is 1.98. The molecule has 1 unspecified atom stereocenters. The Kier molecular flexibility index (Phi) is 6.19. The van der Waals surface area contributed by atoms with Crippen LogP contribution in [0.1, 0.15) is 32.3 Å². The molecule has 0 aliphatic heterocycles. The Morgan fingerprint density at radius 3 is 2.56 bits per heavy atom. The SMILES string of the molecule is CCC(CC)C(Cl)CNc1ncnc(OC)c1C. The zero-order chi connectivity index (χ0) is 13.5. The Morgan fingerprint density at radius 2 is 2.00 bits per heavy atom. The van der Waals surface area contributed by atoms with Crippen LogP contribution in [0.3, 0.4) is 0 Å². The molecular formula is C13H22ClN3O. The third-order valence-electron chi connectivity index (χ3n) is 3.26. The number of halogens is 1. The molecule has 0 spiro atoms. The number of nitrogens with zero attached hydrogens (tertiary/aromatic N) is 2. The Hall–Kier alpha value is -1.03. The minimum atomic E-state index is 0.111. The first-order valence-electron chi connectivity index (χ1n) is 6.37. The summed E-state index contributed by atoms with van der Waals surface area (Å²) >= 11 is 6.39. The maximum Gasteiger partial charge on any atom is 0.221 e. The summed E-state index contributed by atoms with van der Waals surface area (Å²) in [5, 5.41) is 3.38.